The fourth-order valence-electron chi connectivity index (χ4n) is 2.05. The Bertz CT molecular complexity index is 435. The maximum atomic E-state index is 12.0. The summed E-state index contributed by atoms with van der Waals surface area (Å²) in [6.45, 7) is 1.77. The van der Waals surface area contributed by atoms with E-state index in [1.165, 1.54) is 12.3 Å². The van der Waals surface area contributed by atoms with Crippen LogP contribution in [0.2, 0.25) is 0 Å². The molecule has 1 fully saturated rings. The molecule has 2 heterocycles. The van der Waals surface area contributed by atoms with Gasteiger partial charge < -0.3 is 20.2 Å². The third kappa shape index (κ3) is 3.10. The van der Waals surface area contributed by atoms with Crippen molar-refractivity contribution in [2.24, 2.45) is 0 Å². The zero-order chi connectivity index (χ0) is 13.0. The summed E-state index contributed by atoms with van der Waals surface area (Å²) in [5.41, 5.74) is 0.316. The molecule has 0 radical (unpaired) electrons. The summed E-state index contributed by atoms with van der Waals surface area (Å²) in [5, 5.41) is 14.8. The minimum absolute atomic E-state index is 0.145. The molecule has 1 amide bonds. The number of rotatable bonds is 4. The molecule has 0 aromatic carbocycles. The number of carbonyl (C=O) groups is 2. The topological polar surface area (TPSA) is 91.6 Å². The number of aliphatic carboxylic acids is 1. The Labute approximate surface area is 104 Å². The second-order valence-corrected chi connectivity index (χ2v) is 4.33. The van der Waals surface area contributed by atoms with Crippen LogP contribution in [0.1, 0.15) is 29.0 Å². The molecule has 3 N–H and O–H groups in total. The molecule has 6 nitrogen and oxygen atoms in total. The summed E-state index contributed by atoms with van der Waals surface area (Å²) < 4.78 is 5.03. The van der Waals surface area contributed by atoms with E-state index in [4.69, 9.17) is 9.52 Å². The zero-order valence-corrected chi connectivity index (χ0v) is 9.94. The minimum Gasteiger partial charge on any atom is -0.481 e. The highest BCUT2D eigenvalue weighted by Crippen LogP contribution is 2.13. The standard InChI is InChI=1S/C12H16N2O4/c15-11(16)7-10-9(3-6-18-10)12(17)14-8-1-4-13-5-2-8/h3,6,8,13H,1-2,4-5,7H2,(H,14,17)(H,15,16). The molecule has 1 saturated heterocycles. The summed E-state index contributed by atoms with van der Waals surface area (Å²) in [5.74, 6) is -1.07. The summed E-state index contributed by atoms with van der Waals surface area (Å²) in [7, 11) is 0. The number of hydrogen-bond acceptors (Lipinski definition) is 4. The van der Waals surface area contributed by atoms with Crippen molar-refractivity contribution in [2.45, 2.75) is 25.3 Å². The fraction of sp³-hybridized carbons (Fsp3) is 0.500. The lowest BCUT2D eigenvalue weighted by atomic mass is 10.1. The molecule has 1 aromatic rings. The molecule has 1 aliphatic rings. The van der Waals surface area contributed by atoms with Crippen molar-refractivity contribution in [3.63, 3.8) is 0 Å². The third-order valence-corrected chi connectivity index (χ3v) is 2.98. The molecule has 18 heavy (non-hydrogen) atoms. The lowest BCUT2D eigenvalue weighted by molar-refractivity contribution is -0.136. The van der Waals surface area contributed by atoms with Crippen LogP contribution in [0.5, 0.6) is 0 Å². The first-order chi connectivity index (χ1) is 8.66. The van der Waals surface area contributed by atoms with Crippen molar-refractivity contribution < 1.29 is 19.1 Å². The summed E-state index contributed by atoms with van der Waals surface area (Å²) in [6.07, 6.45) is 2.84. The summed E-state index contributed by atoms with van der Waals surface area (Å²) >= 11 is 0. The first kappa shape index (κ1) is 12.6. The van der Waals surface area contributed by atoms with Crippen LogP contribution in [0.25, 0.3) is 0 Å². The highest BCUT2D eigenvalue weighted by Gasteiger charge is 2.20. The smallest absolute Gasteiger partial charge is 0.311 e. The molecular weight excluding hydrogens is 236 g/mol. The third-order valence-electron chi connectivity index (χ3n) is 2.98. The molecule has 0 bridgehead atoms. The van der Waals surface area contributed by atoms with Gasteiger partial charge in [0.25, 0.3) is 5.91 Å². The highest BCUT2D eigenvalue weighted by atomic mass is 16.4. The van der Waals surface area contributed by atoms with Gasteiger partial charge in [-0.3, -0.25) is 9.59 Å². The van der Waals surface area contributed by atoms with Gasteiger partial charge in [-0.2, -0.15) is 0 Å². The molecule has 0 aliphatic carbocycles. The maximum Gasteiger partial charge on any atom is 0.311 e. The van der Waals surface area contributed by atoms with Gasteiger partial charge in [0.2, 0.25) is 0 Å². The molecule has 6 heteroatoms. The van der Waals surface area contributed by atoms with Gasteiger partial charge in [-0.1, -0.05) is 0 Å². The van der Waals surface area contributed by atoms with E-state index in [2.05, 4.69) is 10.6 Å². The van der Waals surface area contributed by atoms with Gasteiger partial charge in [-0.15, -0.1) is 0 Å². The van der Waals surface area contributed by atoms with Gasteiger partial charge in [0, 0.05) is 6.04 Å². The van der Waals surface area contributed by atoms with E-state index < -0.39 is 5.97 Å². The zero-order valence-electron chi connectivity index (χ0n) is 9.94. The number of hydrogen-bond donors (Lipinski definition) is 3. The maximum absolute atomic E-state index is 12.0. The molecule has 1 aromatic heterocycles. The molecule has 1 aliphatic heterocycles. The molecule has 0 unspecified atom stereocenters. The lowest BCUT2D eigenvalue weighted by Gasteiger charge is -2.23. The van der Waals surface area contributed by atoms with Crippen molar-refractivity contribution in [3.8, 4) is 0 Å². The minimum atomic E-state index is -1.01. The Kier molecular flexibility index (Phi) is 3.99. The Hall–Kier alpha value is -1.82. The first-order valence-electron chi connectivity index (χ1n) is 5.96. The largest absolute Gasteiger partial charge is 0.481 e. The molecular formula is C12H16N2O4. The van der Waals surface area contributed by atoms with E-state index in [1.54, 1.807) is 0 Å². The molecule has 0 spiro atoms. The van der Waals surface area contributed by atoms with Crippen LogP contribution < -0.4 is 10.6 Å². The van der Waals surface area contributed by atoms with Crippen molar-refractivity contribution in [1.29, 1.82) is 0 Å². The molecule has 2 rings (SSSR count). The average Bonchev–Trinajstić information content (AvgIpc) is 2.77. The van der Waals surface area contributed by atoms with Gasteiger partial charge in [0.05, 0.1) is 11.8 Å². The van der Waals surface area contributed by atoms with Crippen molar-refractivity contribution in [3.05, 3.63) is 23.7 Å². The van der Waals surface area contributed by atoms with Crippen LogP contribution in [0.3, 0.4) is 0 Å². The van der Waals surface area contributed by atoms with Crippen LogP contribution in [0, 0.1) is 0 Å². The van der Waals surface area contributed by atoms with E-state index in [0.717, 1.165) is 25.9 Å². The van der Waals surface area contributed by atoms with Crippen LogP contribution in [-0.4, -0.2) is 36.1 Å². The fourth-order valence-corrected chi connectivity index (χ4v) is 2.05. The number of furan rings is 1. The summed E-state index contributed by atoms with van der Waals surface area (Å²) in [6, 6.07) is 1.65. The SMILES string of the molecule is O=C(O)Cc1occc1C(=O)NC1CCNCC1. The second-order valence-electron chi connectivity index (χ2n) is 4.33. The number of amides is 1. The number of nitrogens with one attached hydrogen (secondary N) is 2. The van der Waals surface area contributed by atoms with Crippen molar-refractivity contribution >= 4 is 11.9 Å². The highest BCUT2D eigenvalue weighted by molar-refractivity contribution is 5.96. The van der Waals surface area contributed by atoms with Crippen LogP contribution in [-0.2, 0) is 11.2 Å². The molecule has 98 valence electrons. The van der Waals surface area contributed by atoms with Crippen LogP contribution in [0.15, 0.2) is 16.7 Å². The summed E-state index contributed by atoms with van der Waals surface area (Å²) in [4.78, 5) is 22.6. The van der Waals surface area contributed by atoms with E-state index in [1.807, 2.05) is 0 Å². The van der Waals surface area contributed by atoms with Gasteiger partial charge in [0.15, 0.2) is 0 Å². The Morgan fingerprint density at radius 3 is 2.83 bits per heavy atom. The monoisotopic (exact) mass is 252 g/mol. The first-order valence-corrected chi connectivity index (χ1v) is 5.96. The second kappa shape index (κ2) is 5.68. The van der Waals surface area contributed by atoms with E-state index >= 15 is 0 Å². The van der Waals surface area contributed by atoms with Crippen LogP contribution in [0.4, 0.5) is 0 Å². The molecule has 0 atom stereocenters. The van der Waals surface area contributed by atoms with E-state index in [9.17, 15) is 9.59 Å². The Balaban J connectivity index is 1.99. The van der Waals surface area contributed by atoms with Crippen LogP contribution >= 0.6 is 0 Å². The number of piperidine rings is 1. The van der Waals surface area contributed by atoms with Gasteiger partial charge in [0.1, 0.15) is 12.2 Å². The quantitative estimate of drug-likeness (QED) is 0.721. The van der Waals surface area contributed by atoms with E-state index in [0.29, 0.717) is 5.56 Å². The number of carboxylic acids is 1. The van der Waals surface area contributed by atoms with Crippen molar-refractivity contribution in [2.75, 3.05) is 13.1 Å². The number of carboxylic acid groups (broad SMARTS) is 1. The van der Waals surface area contributed by atoms with Crippen molar-refractivity contribution in [1.82, 2.24) is 10.6 Å². The normalized spacial score (nSPS) is 16.4. The predicted octanol–water partition coefficient (Wildman–Crippen LogP) is 0.389. The number of carbonyl (C=O) groups excluding carboxylic acids is 1. The van der Waals surface area contributed by atoms with Gasteiger partial charge >= 0.3 is 5.97 Å². The average molecular weight is 252 g/mol. The molecule has 0 saturated carbocycles. The Morgan fingerprint density at radius 2 is 2.17 bits per heavy atom. The van der Waals surface area contributed by atoms with Gasteiger partial charge in [-0.25, -0.2) is 0 Å². The lowest BCUT2D eigenvalue weighted by Crippen LogP contribution is -2.42. The Morgan fingerprint density at radius 1 is 1.44 bits per heavy atom. The predicted molar refractivity (Wildman–Crippen MR) is 63.4 cm³/mol. The van der Waals surface area contributed by atoms with Gasteiger partial charge in [-0.05, 0) is 32.0 Å². The van der Waals surface area contributed by atoms with E-state index in [-0.39, 0.29) is 24.1 Å².